The molecule has 8 aromatic rings. The minimum Gasteiger partial charge on any atom is -0.423 e. The molecule has 0 aliphatic rings. The maximum Gasteiger partial charge on any atom is 0.307 e. The summed E-state index contributed by atoms with van der Waals surface area (Å²) in [6.07, 6.45) is 0. The molecule has 0 unspecified atom stereocenters. The first-order valence-electron chi connectivity index (χ1n) is 11.0. The standard InChI is InChI=1S/C29H16N2OS/c1-2-8-18-16-23-21(15-17(18)7-1)19-9-3-5-11-22(19)31(23)29-30-28-24(32-29)13-14-26-27(28)20-10-4-6-12-25(20)33-26/h1-16H. The number of para-hydroxylation sites is 1. The van der Waals surface area contributed by atoms with Gasteiger partial charge in [-0.1, -0.05) is 60.7 Å². The molecule has 4 heteroatoms. The van der Waals surface area contributed by atoms with E-state index in [1.54, 1.807) is 11.3 Å². The number of benzene rings is 5. The molecule has 0 amide bonds. The van der Waals surface area contributed by atoms with E-state index in [9.17, 15) is 0 Å². The van der Waals surface area contributed by atoms with E-state index in [0.717, 1.165) is 22.1 Å². The molecule has 0 aliphatic carbocycles. The Bertz CT molecular complexity index is 2040. The van der Waals surface area contributed by atoms with Crippen LogP contribution in [0.3, 0.4) is 0 Å². The minimum absolute atomic E-state index is 0.606. The Kier molecular flexibility index (Phi) is 3.28. The molecule has 8 rings (SSSR count). The van der Waals surface area contributed by atoms with Crippen LogP contribution >= 0.6 is 11.3 Å². The third kappa shape index (κ3) is 2.31. The zero-order valence-corrected chi connectivity index (χ0v) is 18.3. The fraction of sp³-hybridized carbons (Fsp3) is 0. The predicted molar refractivity (Wildman–Crippen MR) is 139 cm³/mol. The van der Waals surface area contributed by atoms with Gasteiger partial charge in [0, 0.05) is 30.9 Å². The molecule has 3 heterocycles. The highest BCUT2D eigenvalue weighted by Crippen LogP contribution is 2.40. The van der Waals surface area contributed by atoms with Crippen molar-refractivity contribution in [2.75, 3.05) is 0 Å². The van der Waals surface area contributed by atoms with Crippen LogP contribution in [0.2, 0.25) is 0 Å². The molecule has 0 bridgehead atoms. The molecule has 33 heavy (non-hydrogen) atoms. The summed E-state index contributed by atoms with van der Waals surface area (Å²) in [6, 6.07) is 34.8. The number of oxazole rings is 1. The summed E-state index contributed by atoms with van der Waals surface area (Å²) in [4.78, 5) is 5.09. The first-order chi connectivity index (χ1) is 16.3. The highest BCUT2D eigenvalue weighted by molar-refractivity contribution is 7.26. The van der Waals surface area contributed by atoms with Crippen molar-refractivity contribution in [1.29, 1.82) is 0 Å². The monoisotopic (exact) mass is 440 g/mol. The summed E-state index contributed by atoms with van der Waals surface area (Å²) in [5, 5.41) is 7.25. The van der Waals surface area contributed by atoms with Crippen LogP contribution in [0.25, 0.3) is 69.9 Å². The Morgan fingerprint density at radius 3 is 2.30 bits per heavy atom. The second-order valence-electron chi connectivity index (χ2n) is 8.45. The molecule has 5 aromatic carbocycles. The van der Waals surface area contributed by atoms with Crippen molar-refractivity contribution in [3.8, 4) is 6.01 Å². The smallest absolute Gasteiger partial charge is 0.307 e. The SMILES string of the molecule is c1ccc2cc3c(cc2c1)c1ccccc1n3-c1nc2c(ccc3sc4ccccc4c32)o1. The van der Waals surface area contributed by atoms with Crippen molar-refractivity contribution in [2.45, 2.75) is 0 Å². The van der Waals surface area contributed by atoms with Crippen molar-refractivity contribution in [2.24, 2.45) is 0 Å². The fourth-order valence-electron chi connectivity index (χ4n) is 5.15. The van der Waals surface area contributed by atoms with Crippen LogP contribution < -0.4 is 0 Å². The lowest BCUT2D eigenvalue weighted by molar-refractivity contribution is 0.574. The van der Waals surface area contributed by atoms with Crippen LogP contribution in [-0.2, 0) is 0 Å². The number of aromatic nitrogens is 2. The molecule has 0 aliphatic heterocycles. The maximum atomic E-state index is 6.42. The molecule has 0 N–H and O–H groups in total. The van der Waals surface area contributed by atoms with Gasteiger partial charge >= 0.3 is 6.01 Å². The van der Waals surface area contributed by atoms with Crippen LogP contribution in [0.5, 0.6) is 0 Å². The molecule has 0 spiro atoms. The molecule has 0 atom stereocenters. The Morgan fingerprint density at radius 1 is 0.636 bits per heavy atom. The van der Waals surface area contributed by atoms with Crippen molar-refractivity contribution in [3.63, 3.8) is 0 Å². The van der Waals surface area contributed by atoms with Crippen LogP contribution in [-0.4, -0.2) is 9.55 Å². The van der Waals surface area contributed by atoms with E-state index in [-0.39, 0.29) is 0 Å². The molecule has 0 saturated carbocycles. The lowest BCUT2D eigenvalue weighted by atomic mass is 10.1. The van der Waals surface area contributed by atoms with Gasteiger partial charge in [0.2, 0.25) is 0 Å². The van der Waals surface area contributed by atoms with Gasteiger partial charge in [0.15, 0.2) is 5.58 Å². The summed E-state index contributed by atoms with van der Waals surface area (Å²) in [5.74, 6) is 0. The van der Waals surface area contributed by atoms with Gasteiger partial charge in [-0.3, -0.25) is 4.57 Å². The van der Waals surface area contributed by atoms with Gasteiger partial charge in [-0.2, -0.15) is 4.98 Å². The highest BCUT2D eigenvalue weighted by atomic mass is 32.1. The Balaban J connectivity index is 1.52. The average Bonchev–Trinajstić information content (AvgIpc) is 3.53. The molecule has 0 radical (unpaired) electrons. The maximum absolute atomic E-state index is 6.42. The van der Waals surface area contributed by atoms with Gasteiger partial charge in [0.25, 0.3) is 0 Å². The number of thiophene rings is 1. The number of fused-ring (bicyclic) bond motifs is 9. The molecule has 3 aromatic heterocycles. The van der Waals surface area contributed by atoms with E-state index in [1.165, 1.54) is 41.7 Å². The number of rotatable bonds is 1. The lowest BCUT2D eigenvalue weighted by Gasteiger charge is -2.03. The summed E-state index contributed by atoms with van der Waals surface area (Å²) in [7, 11) is 0. The third-order valence-corrected chi connectivity index (χ3v) is 7.76. The molecule has 0 fully saturated rings. The fourth-order valence-corrected chi connectivity index (χ4v) is 6.25. The summed E-state index contributed by atoms with van der Waals surface area (Å²) in [6.45, 7) is 0. The van der Waals surface area contributed by atoms with Crippen LogP contribution in [0.4, 0.5) is 0 Å². The van der Waals surface area contributed by atoms with Gasteiger partial charge in [0.05, 0.1) is 11.0 Å². The van der Waals surface area contributed by atoms with E-state index in [0.29, 0.717) is 6.01 Å². The summed E-state index contributed by atoms with van der Waals surface area (Å²) < 4.78 is 11.1. The second-order valence-corrected chi connectivity index (χ2v) is 9.53. The average molecular weight is 441 g/mol. The molecular weight excluding hydrogens is 424 g/mol. The van der Waals surface area contributed by atoms with Gasteiger partial charge < -0.3 is 4.42 Å². The quantitative estimate of drug-likeness (QED) is 0.256. The Morgan fingerprint density at radius 2 is 1.39 bits per heavy atom. The number of hydrogen-bond acceptors (Lipinski definition) is 3. The van der Waals surface area contributed by atoms with Crippen LogP contribution in [0, 0.1) is 0 Å². The van der Waals surface area contributed by atoms with E-state index < -0.39 is 0 Å². The predicted octanol–water partition coefficient (Wildman–Crippen LogP) is 8.45. The van der Waals surface area contributed by atoms with E-state index >= 15 is 0 Å². The van der Waals surface area contributed by atoms with Gasteiger partial charge in [0.1, 0.15) is 5.52 Å². The van der Waals surface area contributed by atoms with Gasteiger partial charge in [-0.25, -0.2) is 0 Å². The minimum atomic E-state index is 0.606. The Hall–Kier alpha value is -4.15. The van der Waals surface area contributed by atoms with Crippen LogP contribution in [0.15, 0.2) is 101 Å². The van der Waals surface area contributed by atoms with E-state index in [2.05, 4.69) is 95.6 Å². The first kappa shape index (κ1) is 17.4. The second kappa shape index (κ2) is 6.21. The van der Waals surface area contributed by atoms with Crippen molar-refractivity contribution >= 4 is 75.2 Å². The molecular formula is C29H16N2OS. The van der Waals surface area contributed by atoms with E-state index in [1.807, 2.05) is 6.07 Å². The normalized spacial score (nSPS) is 12.2. The zero-order chi connectivity index (χ0) is 21.5. The Labute approximate surface area is 192 Å². The zero-order valence-electron chi connectivity index (χ0n) is 17.4. The van der Waals surface area contributed by atoms with Gasteiger partial charge in [-0.05, 0) is 47.2 Å². The number of hydrogen-bond donors (Lipinski definition) is 0. The lowest BCUT2D eigenvalue weighted by Crippen LogP contribution is -1.93. The first-order valence-corrected chi connectivity index (χ1v) is 11.8. The topological polar surface area (TPSA) is 31.0 Å². The van der Waals surface area contributed by atoms with Crippen LogP contribution in [0.1, 0.15) is 0 Å². The molecule has 154 valence electrons. The van der Waals surface area contributed by atoms with E-state index in [4.69, 9.17) is 9.40 Å². The van der Waals surface area contributed by atoms with Crippen molar-refractivity contribution in [1.82, 2.24) is 9.55 Å². The molecule has 0 saturated heterocycles. The number of nitrogens with zero attached hydrogens (tertiary/aromatic N) is 2. The van der Waals surface area contributed by atoms with Crippen molar-refractivity contribution < 1.29 is 4.42 Å². The molecule has 3 nitrogen and oxygen atoms in total. The summed E-state index contributed by atoms with van der Waals surface area (Å²) in [5.41, 5.74) is 3.94. The van der Waals surface area contributed by atoms with Crippen molar-refractivity contribution in [3.05, 3.63) is 97.1 Å². The summed E-state index contributed by atoms with van der Waals surface area (Å²) >= 11 is 1.80. The third-order valence-electron chi connectivity index (χ3n) is 6.62. The highest BCUT2D eigenvalue weighted by Gasteiger charge is 2.19. The van der Waals surface area contributed by atoms with Gasteiger partial charge in [-0.15, -0.1) is 11.3 Å². The largest absolute Gasteiger partial charge is 0.423 e.